The predicted molar refractivity (Wildman–Crippen MR) is 58.9 cm³/mol. The zero-order valence-corrected chi connectivity index (χ0v) is 10.1. The second-order valence-electron chi connectivity index (χ2n) is 3.64. The van der Waals surface area contributed by atoms with Crippen LogP contribution in [0, 0.1) is 0 Å². The van der Waals surface area contributed by atoms with Crippen LogP contribution in [0.5, 0.6) is 0 Å². The summed E-state index contributed by atoms with van der Waals surface area (Å²) in [5.74, 6) is -5.84. The van der Waals surface area contributed by atoms with Crippen LogP contribution in [0.1, 0.15) is 12.5 Å². The molecule has 1 N–H and O–H groups in total. The maximum atomic E-state index is 12.7. The molecule has 0 fully saturated rings. The number of aliphatic hydroxyl groups is 1. The average Bonchev–Trinajstić information content (AvgIpc) is 2.36. The summed E-state index contributed by atoms with van der Waals surface area (Å²) < 4.78 is 46.7. The number of esters is 1. The molecule has 0 aliphatic heterocycles. The van der Waals surface area contributed by atoms with E-state index in [1.165, 1.54) is 19.1 Å². The normalized spacial score (nSPS) is 14.8. The van der Waals surface area contributed by atoms with Gasteiger partial charge in [0, 0.05) is 0 Å². The molecule has 7 heteroatoms. The van der Waals surface area contributed by atoms with Crippen LogP contribution in [0.2, 0.25) is 0 Å². The summed E-state index contributed by atoms with van der Waals surface area (Å²) in [7, 11) is 0. The van der Waals surface area contributed by atoms with Crippen molar-refractivity contribution in [2.24, 2.45) is 0 Å². The van der Waals surface area contributed by atoms with Gasteiger partial charge in [-0.25, -0.2) is 4.79 Å². The molecule has 1 aromatic carbocycles. The molecule has 1 rings (SSSR count). The van der Waals surface area contributed by atoms with E-state index in [0.29, 0.717) is 5.56 Å². The van der Waals surface area contributed by atoms with Gasteiger partial charge in [-0.1, -0.05) is 30.3 Å². The molecule has 4 nitrogen and oxygen atoms in total. The summed E-state index contributed by atoms with van der Waals surface area (Å²) in [6.45, 7) is 0.452. The van der Waals surface area contributed by atoms with Crippen molar-refractivity contribution in [3.63, 3.8) is 0 Å². The SMILES string of the molecule is CCOC(=O)C(O)(OCc1ccccc1)C(F)(F)F. The summed E-state index contributed by atoms with van der Waals surface area (Å²) in [6, 6.07) is 7.86. The predicted octanol–water partition coefficient (Wildman–Crippen LogP) is 2.02. The zero-order valence-electron chi connectivity index (χ0n) is 10.1. The summed E-state index contributed by atoms with van der Waals surface area (Å²) in [5.41, 5.74) is 0.384. The summed E-state index contributed by atoms with van der Waals surface area (Å²) in [5, 5.41) is 9.39. The molecule has 19 heavy (non-hydrogen) atoms. The highest BCUT2D eigenvalue weighted by molar-refractivity contribution is 5.78. The van der Waals surface area contributed by atoms with E-state index in [4.69, 9.17) is 0 Å². The Morgan fingerprint density at radius 2 is 1.84 bits per heavy atom. The molecule has 0 amide bonds. The van der Waals surface area contributed by atoms with Crippen molar-refractivity contribution in [1.29, 1.82) is 0 Å². The van der Waals surface area contributed by atoms with Crippen molar-refractivity contribution in [3.8, 4) is 0 Å². The Hall–Kier alpha value is -1.60. The molecule has 0 aliphatic carbocycles. The number of hydrogen-bond donors (Lipinski definition) is 1. The Kier molecular flexibility index (Phi) is 4.90. The topological polar surface area (TPSA) is 55.8 Å². The molecule has 0 heterocycles. The molecule has 0 bridgehead atoms. The number of carbonyl (C=O) groups is 1. The van der Waals surface area contributed by atoms with Crippen LogP contribution in [-0.4, -0.2) is 29.6 Å². The van der Waals surface area contributed by atoms with Crippen molar-refractivity contribution in [3.05, 3.63) is 35.9 Å². The van der Waals surface area contributed by atoms with Crippen LogP contribution in [0.4, 0.5) is 13.2 Å². The first-order valence-corrected chi connectivity index (χ1v) is 5.45. The Morgan fingerprint density at radius 3 is 2.32 bits per heavy atom. The quantitative estimate of drug-likeness (QED) is 0.661. The van der Waals surface area contributed by atoms with Crippen LogP contribution in [0.3, 0.4) is 0 Å². The van der Waals surface area contributed by atoms with E-state index in [9.17, 15) is 23.1 Å². The van der Waals surface area contributed by atoms with Gasteiger partial charge in [-0.15, -0.1) is 0 Å². The van der Waals surface area contributed by atoms with E-state index in [-0.39, 0.29) is 6.61 Å². The second-order valence-corrected chi connectivity index (χ2v) is 3.64. The highest BCUT2D eigenvalue weighted by Crippen LogP contribution is 2.33. The molecule has 0 aliphatic rings. The number of benzene rings is 1. The van der Waals surface area contributed by atoms with Crippen LogP contribution in [-0.2, 0) is 20.9 Å². The van der Waals surface area contributed by atoms with Gasteiger partial charge in [0.25, 0.3) is 0 Å². The molecule has 0 spiro atoms. The maximum Gasteiger partial charge on any atom is 0.455 e. The fourth-order valence-electron chi connectivity index (χ4n) is 1.25. The lowest BCUT2D eigenvalue weighted by atomic mass is 10.2. The van der Waals surface area contributed by atoms with Crippen molar-refractivity contribution in [1.82, 2.24) is 0 Å². The van der Waals surface area contributed by atoms with Gasteiger partial charge in [0.05, 0.1) is 13.2 Å². The van der Waals surface area contributed by atoms with Gasteiger partial charge in [0.15, 0.2) is 0 Å². The molecule has 0 saturated heterocycles. The third-order valence-electron chi connectivity index (χ3n) is 2.23. The number of carbonyl (C=O) groups excluding carboxylic acids is 1. The molecule has 0 aromatic heterocycles. The molecule has 0 radical (unpaired) electrons. The molecule has 0 saturated carbocycles. The molecular formula is C12H13F3O4. The summed E-state index contributed by atoms with van der Waals surface area (Å²) in [4.78, 5) is 11.2. The lowest BCUT2D eigenvalue weighted by molar-refractivity contribution is -0.356. The van der Waals surface area contributed by atoms with E-state index in [0.717, 1.165) is 0 Å². The summed E-state index contributed by atoms with van der Waals surface area (Å²) >= 11 is 0. The minimum absolute atomic E-state index is 0.300. The Morgan fingerprint density at radius 1 is 1.26 bits per heavy atom. The zero-order chi connectivity index (χ0) is 14.5. The van der Waals surface area contributed by atoms with Crippen molar-refractivity contribution >= 4 is 5.97 Å². The first-order chi connectivity index (χ1) is 8.81. The molecular weight excluding hydrogens is 265 g/mol. The average molecular weight is 278 g/mol. The minimum Gasteiger partial charge on any atom is -0.462 e. The van der Waals surface area contributed by atoms with Gasteiger partial charge in [-0.2, -0.15) is 13.2 Å². The Balaban J connectivity index is 2.84. The molecule has 1 unspecified atom stereocenters. The number of hydrogen-bond acceptors (Lipinski definition) is 4. The number of ether oxygens (including phenoxy) is 2. The van der Waals surface area contributed by atoms with Gasteiger partial charge in [0.2, 0.25) is 0 Å². The molecule has 106 valence electrons. The van der Waals surface area contributed by atoms with Crippen LogP contribution in [0.25, 0.3) is 0 Å². The standard InChI is InChI=1S/C12H13F3O4/c1-2-18-10(16)11(17,12(13,14)15)19-8-9-6-4-3-5-7-9/h3-7,17H,2,8H2,1H3. The Bertz CT molecular complexity index is 419. The lowest BCUT2D eigenvalue weighted by Crippen LogP contribution is -2.55. The summed E-state index contributed by atoms with van der Waals surface area (Å²) in [6.07, 6.45) is -5.28. The van der Waals surface area contributed by atoms with E-state index < -0.39 is 24.5 Å². The monoisotopic (exact) mass is 278 g/mol. The molecule has 1 atom stereocenters. The van der Waals surface area contributed by atoms with Crippen LogP contribution >= 0.6 is 0 Å². The van der Waals surface area contributed by atoms with Crippen molar-refractivity contribution in [2.45, 2.75) is 25.5 Å². The third-order valence-corrected chi connectivity index (χ3v) is 2.23. The fourth-order valence-corrected chi connectivity index (χ4v) is 1.25. The highest BCUT2D eigenvalue weighted by Gasteiger charge is 2.63. The third kappa shape index (κ3) is 3.68. The maximum absolute atomic E-state index is 12.7. The minimum atomic E-state index is -5.28. The van der Waals surface area contributed by atoms with Crippen molar-refractivity contribution < 1.29 is 32.5 Å². The first kappa shape index (κ1) is 15.5. The van der Waals surface area contributed by atoms with Gasteiger partial charge < -0.3 is 14.6 Å². The van der Waals surface area contributed by atoms with Gasteiger partial charge in [-0.3, -0.25) is 0 Å². The largest absolute Gasteiger partial charge is 0.462 e. The number of alkyl halides is 3. The first-order valence-electron chi connectivity index (χ1n) is 5.45. The highest BCUT2D eigenvalue weighted by atomic mass is 19.4. The molecule has 1 aromatic rings. The second kappa shape index (κ2) is 6.03. The van der Waals surface area contributed by atoms with Gasteiger partial charge >= 0.3 is 17.9 Å². The van der Waals surface area contributed by atoms with E-state index in [1.807, 2.05) is 0 Å². The number of halogens is 3. The van der Waals surface area contributed by atoms with Crippen molar-refractivity contribution in [2.75, 3.05) is 6.61 Å². The lowest BCUT2D eigenvalue weighted by Gasteiger charge is -2.27. The van der Waals surface area contributed by atoms with Crippen LogP contribution < -0.4 is 0 Å². The smallest absolute Gasteiger partial charge is 0.455 e. The van der Waals surface area contributed by atoms with E-state index in [2.05, 4.69) is 9.47 Å². The van der Waals surface area contributed by atoms with Crippen LogP contribution in [0.15, 0.2) is 30.3 Å². The van der Waals surface area contributed by atoms with E-state index >= 15 is 0 Å². The Labute approximate surface area is 107 Å². The number of rotatable bonds is 5. The van der Waals surface area contributed by atoms with E-state index in [1.54, 1.807) is 18.2 Å². The fraction of sp³-hybridized carbons (Fsp3) is 0.417. The van der Waals surface area contributed by atoms with Gasteiger partial charge in [0.1, 0.15) is 0 Å². The van der Waals surface area contributed by atoms with Gasteiger partial charge in [-0.05, 0) is 12.5 Å².